The van der Waals surface area contributed by atoms with E-state index in [0.717, 1.165) is 0 Å². The zero-order chi connectivity index (χ0) is 8.85. The molecule has 0 aliphatic rings. The fraction of sp³-hybridized carbons (Fsp3) is 0.625. The van der Waals surface area contributed by atoms with Crippen molar-refractivity contribution in [2.24, 2.45) is 0 Å². The quantitative estimate of drug-likeness (QED) is 0.553. The van der Waals surface area contributed by atoms with E-state index in [1.54, 1.807) is 12.0 Å². The average Bonchev–Trinajstić information content (AvgIpc) is 1.99. The summed E-state index contributed by atoms with van der Waals surface area (Å²) in [6.07, 6.45) is 0. The fourth-order valence-corrected chi connectivity index (χ4v) is 0.548. The molecule has 4 heteroatoms. The summed E-state index contributed by atoms with van der Waals surface area (Å²) >= 11 is 0. The molecule has 72 valence electrons. The summed E-state index contributed by atoms with van der Waals surface area (Å²) in [5, 5.41) is 1.58. The molecule has 0 aromatic heterocycles. The number of carbonyl (C=O) groups is 1. The molecule has 0 N–H and O–H groups in total. The third-order valence-corrected chi connectivity index (χ3v) is 1.27. The Balaban J connectivity index is 0. The lowest BCUT2D eigenvalue weighted by Crippen LogP contribution is -2.27. The normalized spacial score (nSPS) is 9.00. The molecular formula is C8H16BrNO2. The van der Waals surface area contributed by atoms with E-state index < -0.39 is 0 Å². The van der Waals surface area contributed by atoms with Crippen LogP contribution in [0.1, 0.15) is 20.8 Å². The van der Waals surface area contributed by atoms with Crippen molar-refractivity contribution in [2.75, 3.05) is 13.1 Å². The van der Waals surface area contributed by atoms with Crippen LogP contribution in [-0.4, -0.2) is 24.1 Å². The zero-order valence-electron chi connectivity index (χ0n) is 7.79. The van der Waals surface area contributed by atoms with Crippen LogP contribution in [0, 0.1) is 0 Å². The molecule has 0 fully saturated rings. The highest BCUT2D eigenvalue weighted by molar-refractivity contribution is 8.93. The van der Waals surface area contributed by atoms with Crippen LogP contribution >= 0.6 is 17.0 Å². The summed E-state index contributed by atoms with van der Waals surface area (Å²) in [4.78, 5) is 15.8. The van der Waals surface area contributed by atoms with Crippen molar-refractivity contribution in [3.63, 3.8) is 0 Å². The van der Waals surface area contributed by atoms with Gasteiger partial charge < -0.3 is 4.84 Å². The molecule has 0 spiro atoms. The van der Waals surface area contributed by atoms with E-state index in [0.29, 0.717) is 18.7 Å². The molecule has 0 saturated heterocycles. The molecule has 0 radical (unpaired) electrons. The van der Waals surface area contributed by atoms with Crippen molar-refractivity contribution >= 4 is 23.0 Å². The number of hydroxylamine groups is 2. The van der Waals surface area contributed by atoms with Crippen LogP contribution in [0.3, 0.4) is 0 Å². The van der Waals surface area contributed by atoms with E-state index in [9.17, 15) is 4.79 Å². The molecular weight excluding hydrogens is 222 g/mol. The average molecular weight is 238 g/mol. The first-order chi connectivity index (χ1) is 5.11. The fourth-order valence-electron chi connectivity index (χ4n) is 0.548. The van der Waals surface area contributed by atoms with E-state index in [1.165, 1.54) is 0 Å². The van der Waals surface area contributed by atoms with Gasteiger partial charge >= 0.3 is 5.97 Å². The Labute approximate surface area is 84.1 Å². The van der Waals surface area contributed by atoms with Crippen LogP contribution in [0.25, 0.3) is 0 Å². The molecule has 0 atom stereocenters. The molecule has 12 heavy (non-hydrogen) atoms. The Hall–Kier alpha value is -0.350. The van der Waals surface area contributed by atoms with Gasteiger partial charge in [-0.2, -0.15) is 0 Å². The van der Waals surface area contributed by atoms with Gasteiger partial charge in [0.05, 0.1) is 0 Å². The Morgan fingerprint density at radius 2 is 1.83 bits per heavy atom. The second-order valence-corrected chi connectivity index (χ2v) is 2.27. The number of hydrogen-bond donors (Lipinski definition) is 0. The number of carbonyl (C=O) groups excluding carboxylic acids is 1. The van der Waals surface area contributed by atoms with Gasteiger partial charge in [0.1, 0.15) is 0 Å². The number of nitrogens with zero attached hydrogens (tertiary/aromatic N) is 1. The first-order valence-corrected chi connectivity index (χ1v) is 3.74. The van der Waals surface area contributed by atoms with Gasteiger partial charge in [-0.15, -0.1) is 22.0 Å². The van der Waals surface area contributed by atoms with Crippen molar-refractivity contribution in [1.29, 1.82) is 0 Å². The standard InChI is InChI=1S/C8H15NO2.BrH/c1-5-9(6-2)11-8(10)7(3)4;/h3,5-6H2,1-2,4H3;1H. The number of hydrogen-bond acceptors (Lipinski definition) is 3. The van der Waals surface area contributed by atoms with Gasteiger partial charge in [-0.3, -0.25) is 0 Å². The summed E-state index contributed by atoms with van der Waals surface area (Å²) in [6.45, 7) is 10.4. The predicted molar refractivity (Wildman–Crippen MR) is 54.1 cm³/mol. The van der Waals surface area contributed by atoms with Crippen LogP contribution < -0.4 is 0 Å². The van der Waals surface area contributed by atoms with Gasteiger partial charge in [0, 0.05) is 18.7 Å². The van der Waals surface area contributed by atoms with Gasteiger partial charge in [0.15, 0.2) is 0 Å². The van der Waals surface area contributed by atoms with Crippen molar-refractivity contribution in [1.82, 2.24) is 5.06 Å². The van der Waals surface area contributed by atoms with E-state index in [4.69, 9.17) is 4.84 Å². The van der Waals surface area contributed by atoms with E-state index in [2.05, 4.69) is 6.58 Å². The minimum absolute atomic E-state index is 0. The maximum atomic E-state index is 10.9. The molecule has 0 bridgehead atoms. The van der Waals surface area contributed by atoms with Crippen LogP contribution in [0.15, 0.2) is 12.2 Å². The predicted octanol–water partition coefficient (Wildman–Crippen LogP) is 1.94. The highest BCUT2D eigenvalue weighted by Crippen LogP contribution is 1.96. The molecule has 0 saturated carbocycles. The SMILES string of the molecule is Br.C=C(C)C(=O)ON(CC)CC. The molecule has 0 unspecified atom stereocenters. The van der Waals surface area contributed by atoms with E-state index in [-0.39, 0.29) is 23.0 Å². The van der Waals surface area contributed by atoms with E-state index >= 15 is 0 Å². The smallest absolute Gasteiger partial charge is 0.352 e. The summed E-state index contributed by atoms with van der Waals surface area (Å²) in [6, 6.07) is 0. The summed E-state index contributed by atoms with van der Waals surface area (Å²) in [5.74, 6) is -0.353. The Morgan fingerprint density at radius 3 is 2.08 bits per heavy atom. The van der Waals surface area contributed by atoms with Gasteiger partial charge in [0.25, 0.3) is 0 Å². The number of halogens is 1. The summed E-state index contributed by atoms with van der Waals surface area (Å²) in [7, 11) is 0. The third-order valence-electron chi connectivity index (χ3n) is 1.27. The second-order valence-electron chi connectivity index (χ2n) is 2.27. The maximum Gasteiger partial charge on any atom is 0.352 e. The first-order valence-electron chi connectivity index (χ1n) is 3.74. The molecule has 0 aromatic carbocycles. The molecule has 0 amide bonds. The highest BCUT2D eigenvalue weighted by Gasteiger charge is 2.07. The van der Waals surface area contributed by atoms with Gasteiger partial charge in [-0.1, -0.05) is 6.58 Å². The maximum absolute atomic E-state index is 10.9. The minimum atomic E-state index is -0.353. The lowest BCUT2D eigenvalue weighted by molar-refractivity contribution is -0.183. The van der Waals surface area contributed by atoms with Gasteiger partial charge in [-0.05, 0) is 20.8 Å². The van der Waals surface area contributed by atoms with E-state index in [1.807, 2.05) is 13.8 Å². The van der Waals surface area contributed by atoms with Crippen molar-refractivity contribution < 1.29 is 9.63 Å². The Kier molecular flexibility index (Phi) is 8.64. The molecule has 0 aliphatic carbocycles. The number of rotatable bonds is 4. The molecule has 0 aromatic rings. The third kappa shape index (κ3) is 5.32. The monoisotopic (exact) mass is 237 g/mol. The Morgan fingerprint density at radius 1 is 1.42 bits per heavy atom. The lowest BCUT2D eigenvalue weighted by atomic mass is 10.4. The van der Waals surface area contributed by atoms with Crippen LogP contribution in [0.2, 0.25) is 0 Å². The lowest BCUT2D eigenvalue weighted by Gasteiger charge is -2.16. The van der Waals surface area contributed by atoms with Crippen LogP contribution in [-0.2, 0) is 9.63 Å². The van der Waals surface area contributed by atoms with Crippen LogP contribution in [0.5, 0.6) is 0 Å². The topological polar surface area (TPSA) is 29.5 Å². The second kappa shape index (κ2) is 7.31. The summed E-state index contributed by atoms with van der Waals surface area (Å²) < 4.78 is 0. The summed E-state index contributed by atoms with van der Waals surface area (Å²) in [5.41, 5.74) is 0.428. The molecule has 0 rings (SSSR count). The Bertz CT molecular complexity index is 155. The molecule has 0 aliphatic heterocycles. The zero-order valence-corrected chi connectivity index (χ0v) is 9.51. The molecule has 3 nitrogen and oxygen atoms in total. The van der Waals surface area contributed by atoms with Crippen LogP contribution in [0.4, 0.5) is 0 Å². The van der Waals surface area contributed by atoms with Gasteiger partial charge in [-0.25, -0.2) is 4.79 Å². The van der Waals surface area contributed by atoms with Crippen molar-refractivity contribution in [2.45, 2.75) is 20.8 Å². The van der Waals surface area contributed by atoms with Gasteiger partial charge in [0.2, 0.25) is 0 Å². The minimum Gasteiger partial charge on any atom is -0.364 e. The molecule has 0 heterocycles. The van der Waals surface area contributed by atoms with Crippen molar-refractivity contribution in [3.05, 3.63) is 12.2 Å². The largest absolute Gasteiger partial charge is 0.364 e. The first kappa shape index (κ1) is 14.2. The highest BCUT2D eigenvalue weighted by atomic mass is 79.9. The van der Waals surface area contributed by atoms with Crippen molar-refractivity contribution in [3.8, 4) is 0 Å².